The van der Waals surface area contributed by atoms with Gasteiger partial charge in [-0.1, -0.05) is 49.7 Å². The van der Waals surface area contributed by atoms with Crippen LogP contribution in [0.1, 0.15) is 35.3 Å². The maximum absolute atomic E-state index is 12.5. The molecule has 0 aromatic heterocycles. The number of hydrogen-bond donors (Lipinski definition) is 1. The largest absolute Gasteiger partial charge is 0.496 e. The molecule has 0 spiro atoms. The van der Waals surface area contributed by atoms with Crippen LogP contribution in [-0.4, -0.2) is 25.0 Å². The highest BCUT2D eigenvalue weighted by Gasteiger charge is 2.26. The summed E-state index contributed by atoms with van der Waals surface area (Å²) in [5.74, 6) is -0.205. The fourth-order valence-electron chi connectivity index (χ4n) is 2.49. The van der Waals surface area contributed by atoms with Crippen LogP contribution >= 0.6 is 0 Å². The van der Waals surface area contributed by atoms with Gasteiger partial charge in [-0.15, -0.1) is 0 Å². The van der Waals surface area contributed by atoms with Gasteiger partial charge in [0, 0.05) is 11.1 Å². The van der Waals surface area contributed by atoms with Gasteiger partial charge in [0.1, 0.15) is 18.4 Å². The first-order valence-corrected chi connectivity index (χ1v) is 8.58. The normalized spacial score (nSPS) is 11.7. The van der Waals surface area contributed by atoms with Gasteiger partial charge in [0.2, 0.25) is 0 Å². The van der Waals surface area contributed by atoms with E-state index in [1.807, 2.05) is 57.2 Å². The Hall–Kier alpha value is -2.82. The second-order valence-electron chi connectivity index (χ2n) is 6.48. The number of aryl methyl sites for hydroxylation is 1. The number of benzene rings is 2. The van der Waals surface area contributed by atoms with E-state index in [2.05, 4.69) is 5.32 Å². The van der Waals surface area contributed by atoms with Gasteiger partial charge in [-0.2, -0.15) is 0 Å². The Morgan fingerprint density at radius 3 is 2.31 bits per heavy atom. The molecule has 0 bridgehead atoms. The van der Waals surface area contributed by atoms with Crippen molar-refractivity contribution in [1.29, 1.82) is 0 Å². The molecule has 2 aromatic carbocycles. The van der Waals surface area contributed by atoms with Crippen molar-refractivity contribution in [3.05, 3.63) is 65.2 Å². The predicted molar refractivity (Wildman–Crippen MR) is 100 cm³/mol. The molecule has 0 saturated carbocycles. The van der Waals surface area contributed by atoms with Crippen molar-refractivity contribution in [2.75, 3.05) is 7.11 Å². The topological polar surface area (TPSA) is 64.6 Å². The number of methoxy groups -OCH3 is 1. The third-order valence-corrected chi connectivity index (χ3v) is 4.08. The average Bonchev–Trinajstić information content (AvgIpc) is 2.64. The standard InChI is InChI=1S/C21H25NO4/c1-14(2)19(22-20(23)16-11-9-15(3)10-12-16)21(24)26-13-17-7-5-6-8-18(17)25-4/h5-12,14,19H,13H2,1-4H3,(H,22,23)/t19-/m1/s1. The number of para-hydroxylation sites is 1. The molecule has 1 N–H and O–H groups in total. The number of nitrogens with one attached hydrogen (secondary N) is 1. The lowest BCUT2D eigenvalue weighted by atomic mass is 10.0. The van der Waals surface area contributed by atoms with E-state index in [1.165, 1.54) is 0 Å². The fraction of sp³-hybridized carbons (Fsp3) is 0.333. The molecule has 138 valence electrons. The summed E-state index contributed by atoms with van der Waals surface area (Å²) in [7, 11) is 1.57. The highest BCUT2D eigenvalue weighted by Crippen LogP contribution is 2.18. The van der Waals surface area contributed by atoms with Crippen molar-refractivity contribution in [3.63, 3.8) is 0 Å². The Bertz CT molecular complexity index is 753. The Balaban J connectivity index is 2.03. The average molecular weight is 355 g/mol. The Morgan fingerprint density at radius 1 is 1.04 bits per heavy atom. The Labute approximate surface area is 154 Å². The fourth-order valence-corrected chi connectivity index (χ4v) is 2.49. The predicted octanol–water partition coefficient (Wildman–Crippen LogP) is 3.50. The van der Waals surface area contributed by atoms with Gasteiger partial charge in [0.25, 0.3) is 5.91 Å². The lowest BCUT2D eigenvalue weighted by Gasteiger charge is -2.21. The molecule has 0 aliphatic rings. The second kappa shape index (κ2) is 9.04. The summed E-state index contributed by atoms with van der Waals surface area (Å²) in [6.07, 6.45) is 0. The zero-order valence-corrected chi connectivity index (χ0v) is 15.6. The molecule has 0 aliphatic heterocycles. The highest BCUT2D eigenvalue weighted by molar-refractivity contribution is 5.96. The molecule has 1 atom stereocenters. The number of amides is 1. The van der Waals surface area contributed by atoms with Crippen LogP contribution in [-0.2, 0) is 16.1 Å². The minimum atomic E-state index is -0.724. The van der Waals surface area contributed by atoms with Gasteiger partial charge in [0.05, 0.1) is 7.11 Å². The lowest BCUT2D eigenvalue weighted by molar-refractivity contribution is -0.148. The molecule has 0 fully saturated rings. The summed E-state index contributed by atoms with van der Waals surface area (Å²) in [6.45, 7) is 5.77. The molecule has 5 nitrogen and oxygen atoms in total. The lowest BCUT2D eigenvalue weighted by Crippen LogP contribution is -2.45. The van der Waals surface area contributed by atoms with E-state index < -0.39 is 12.0 Å². The summed E-state index contributed by atoms with van der Waals surface area (Å²) in [6, 6.07) is 13.8. The van der Waals surface area contributed by atoms with E-state index in [9.17, 15) is 9.59 Å². The molecule has 2 aromatic rings. The molecule has 0 radical (unpaired) electrons. The monoisotopic (exact) mass is 355 g/mol. The van der Waals surface area contributed by atoms with E-state index in [0.717, 1.165) is 11.1 Å². The molecule has 0 heterocycles. The van der Waals surface area contributed by atoms with Crippen LogP contribution in [0.4, 0.5) is 0 Å². The van der Waals surface area contributed by atoms with E-state index >= 15 is 0 Å². The minimum Gasteiger partial charge on any atom is -0.496 e. The van der Waals surface area contributed by atoms with Crippen LogP contribution in [0.25, 0.3) is 0 Å². The maximum Gasteiger partial charge on any atom is 0.329 e. The zero-order valence-electron chi connectivity index (χ0n) is 15.6. The van der Waals surface area contributed by atoms with Crippen LogP contribution in [0, 0.1) is 12.8 Å². The van der Waals surface area contributed by atoms with E-state index in [0.29, 0.717) is 11.3 Å². The van der Waals surface area contributed by atoms with Gasteiger partial charge < -0.3 is 14.8 Å². The van der Waals surface area contributed by atoms with Crippen molar-refractivity contribution in [2.45, 2.75) is 33.4 Å². The van der Waals surface area contributed by atoms with E-state index in [4.69, 9.17) is 9.47 Å². The van der Waals surface area contributed by atoms with Gasteiger partial charge in [-0.25, -0.2) is 4.79 Å². The number of carbonyl (C=O) groups is 2. The third kappa shape index (κ3) is 5.09. The summed E-state index contributed by atoms with van der Waals surface area (Å²) in [5.41, 5.74) is 2.35. The molecule has 0 aliphatic carbocycles. The quantitative estimate of drug-likeness (QED) is 0.772. The third-order valence-electron chi connectivity index (χ3n) is 4.08. The Kier molecular flexibility index (Phi) is 6.78. The van der Waals surface area contributed by atoms with Gasteiger partial charge in [-0.3, -0.25) is 4.79 Å². The van der Waals surface area contributed by atoms with E-state index in [1.54, 1.807) is 19.2 Å². The molecule has 2 rings (SSSR count). The minimum absolute atomic E-state index is 0.0898. The van der Waals surface area contributed by atoms with Crippen molar-refractivity contribution in [1.82, 2.24) is 5.32 Å². The number of ether oxygens (including phenoxy) is 2. The maximum atomic E-state index is 12.5. The molecule has 26 heavy (non-hydrogen) atoms. The van der Waals surface area contributed by atoms with Crippen LogP contribution in [0.2, 0.25) is 0 Å². The molecule has 5 heteroatoms. The first kappa shape index (κ1) is 19.5. The summed E-state index contributed by atoms with van der Waals surface area (Å²) >= 11 is 0. The smallest absolute Gasteiger partial charge is 0.329 e. The number of rotatable bonds is 7. The van der Waals surface area contributed by atoms with E-state index in [-0.39, 0.29) is 18.4 Å². The molecular weight excluding hydrogens is 330 g/mol. The number of esters is 1. The van der Waals surface area contributed by atoms with Crippen molar-refractivity contribution >= 4 is 11.9 Å². The van der Waals surface area contributed by atoms with Crippen LogP contribution in [0.15, 0.2) is 48.5 Å². The molecular formula is C21H25NO4. The number of carbonyl (C=O) groups excluding carboxylic acids is 2. The van der Waals surface area contributed by atoms with Crippen LogP contribution < -0.4 is 10.1 Å². The van der Waals surface area contributed by atoms with Crippen LogP contribution in [0.3, 0.4) is 0 Å². The zero-order chi connectivity index (χ0) is 19.1. The summed E-state index contributed by atoms with van der Waals surface area (Å²) in [5, 5.41) is 2.77. The summed E-state index contributed by atoms with van der Waals surface area (Å²) in [4.78, 5) is 24.9. The highest BCUT2D eigenvalue weighted by atomic mass is 16.5. The first-order valence-electron chi connectivity index (χ1n) is 8.58. The molecule has 0 saturated heterocycles. The second-order valence-corrected chi connectivity index (χ2v) is 6.48. The van der Waals surface area contributed by atoms with Gasteiger partial charge >= 0.3 is 5.97 Å². The van der Waals surface area contributed by atoms with Crippen LogP contribution in [0.5, 0.6) is 5.75 Å². The molecule has 1 amide bonds. The first-order chi connectivity index (χ1) is 12.4. The van der Waals surface area contributed by atoms with Gasteiger partial charge in [0.15, 0.2) is 0 Å². The molecule has 0 unspecified atom stereocenters. The number of hydrogen-bond acceptors (Lipinski definition) is 4. The Morgan fingerprint density at radius 2 is 1.69 bits per heavy atom. The summed E-state index contributed by atoms with van der Waals surface area (Å²) < 4.78 is 10.7. The van der Waals surface area contributed by atoms with Gasteiger partial charge in [-0.05, 0) is 31.0 Å². The van der Waals surface area contributed by atoms with Crippen molar-refractivity contribution in [2.24, 2.45) is 5.92 Å². The SMILES string of the molecule is COc1ccccc1COC(=O)[C@H](NC(=O)c1ccc(C)cc1)C(C)C. The van der Waals surface area contributed by atoms with Crippen molar-refractivity contribution in [3.8, 4) is 5.75 Å². The van der Waals surface area contributed by atoms with Crippen molar-refractivity contribution < 1.29 is 19.1 Å².